The van der Waals surface area contributed by atoms with Crippen molar-refractivity contribution in [1.29, 1.82) is 0 Å². The molecule has 0 aromatic heterocycles. The van der Waals surface area contributed by atoms with E-state index in [9.17, 15) is 13.5 Å². The molecular weight excluding hydrogens is 458 g/mol. The first-order valence-electron chi connectivity index (χ1n) is 11.0. The number of sulfonamides is 1. The summed E-state index contributed by atoms with van der Waals surface area (Å²) in [6.45, 7) is 1.89. The van der Waals surface area contributed by atoms with Gasteiger partial charge >= 0.3 is 0 Å². The maximum absolute atomic E-state index is 13.1. The number of hydrogen-bond donors (Lipinski definition) is 2. The second kappa shape index (κ2) is 10.1. The topological polar surface area (TPSA) is 75.6 Å². The van der Waals surface area contributed by atoms with Crippen molar-refractivity contribution < 1.29 is 18.3 Å². The third kappa shape index (κ3) is 5.38. The number of hydrogen-bond acceptors (Lipinski definition) is 4. The van der Waals surface area contributed by atoms with Crippen molar-refractivity contribution in [3.8, 4) is 17.6 Å². The predicted octanol–water partition coefficient (Wildman–Crippen LogP) is 5.09. The Labute approximate surface area is 206 Å². The van der Waals surface area contributed by atoms with Crippen LogP contribution in [0.15, 0.2) is 108 Å². The van der Waals surface area contributed by atoms with Gasteiger partial charge in [-0.25, -0.2) is 8.42 Å². The smallest absolute Gasteiger partial charge is 0.261 e. The van der Waals surface area contributed by atoms with Gasteiger partial charge in [0.05, 0.1) is 17.7 Å². The third-order valence-corrected chi connectivity index (χ3v) is 6.94. The monoisotopic (exact) mass is 483 g/mol. The van der Waals surface area contributed by atoms with Crippen LogP contribution in [0.5, 0.6) is 5.75 Å². The molecule has 0 bridgehead atoms. The van der Waals surface area contributed by atoms with Crippen LogP contribution >= 0.6 is 0 Å². The molecule has 35 heavy (non-hydrogen) atoms. The molecule has 0 heterocycles. The highest BCUT2D eigenvalue weighted by molar-refractivity contribution is 7.92. The van der Waals surface area contributed by atoms with Crippen molar-refractivity contribution in [1.82, 2.24) is 0 Å². The Hall–Kier alpha value is -4.05. The first-order valence-corrected chi connectivity index (χ1v) is 12.4. The normalized spacial score (nSPS) is 12.7. The molecule has 1 atom stereocenters. The standard InChI is InChI=1S/C29H25NO4S/c1-22-12-18-26(19-13-22)35(32,33)30-28-11-7-6-10-27(28)29(31,24-8-4-3-5-9-24)21-20-23-14-16-25(34-2)17-15-23/h3-19,30-31H,1-2H3. The quantitative estimate of drug-likeness (QED) is 0.375. The molecule has 176 valence electrons. The van der Waals surface area contributed by atoms with E-state index in [2.05, 4.69) is 16.6 Å². The number of nitrogens with one attached hydrogen (secondary N) is 1. The lowest BCUT2D eigenvalue weighted by atomic mass is 9.85. The van der Waals surface area contributed by atoms with E-state index in [-0.39, 0.29) is 10.6 Å². The van der Waals surface area contributed by atoms with Crippen LogP contribution in [-0.4, -0.2) is 20.6 Å². The number of para-hydroxylation sites is 1. The van der Waals surface area contributed by atoms with Gasteiger partial charge in [-0.15, -0.1) is 0 Å². The summed E-state index contributed by atoms with van der Waals surface area (Å²) in [5, 5.41) is 12.0. The number of rotatable bonds is 6. The molecule has 0 radical (unpaired) electrons. The summed E-state index contributed by atoms with van der Waals surface area (Å²) >= 11 is 0. The van der Waals surface area contributed by atoms with Gasteiger partial charge in [0.2, 0.25) is 0 Å². The summed E-state index contributed by atoms with van der Waals surface area (Å²) in [6.07, 6.45) is 0. The van der Waals surface area contributed by atoms with E-state index in [0.717, 1.165) is 5.56 Å². The third-order valence-electron chi connectivity index (χ3n) is 5.56. The van der Waals surface area contributed by atoms with Gasteiger partial charge in [-0.2, -0.15) is 0 Å². The molecule has 0 amide bonds. The lowest BCUT2D eigenvalue weighted by Crippen LogP contribution is -2.27. The number of anilines is 1. The van der Waals surface area contributed by atoms with Crippen molar-refractivity contribution >= 4 is 15.7 Å². The van der Waals surface area contributed by atoms with Crippen molar-refractivity contribution in [2.24, 2.45) is 0 Å². The molecule has 0 saturated carbocycles. The molecule has 0 spiro atoms. The maximum atomic E-state index is 13.1. The Morgan fingerprint density at radius 3 is 2.11 bits per heavy atom. The lowest BCUT2D eigenvalue weighted by molar-refractivity contribution is 0.146. The zero-order valence-corrected chi connectivity index (χ0v) is 20.2. The molecule has 4 aromatic rings. The van der Waals surface area contributed by atoms with Gasteiger partial charge in [-0.3, -0.25) is 4.72 Å². The van der Waals surface area contributed by atoms with Crippen LogP contribution in [0.25, 0.3) is 0 Å². The molecule has 1 unspecified atom stereocenters. The van der Waals surface area contributed by atoms with Gasteiger partial charge in [0.15, 0.2) is 5.60 Å². The zero-order valence-electron chi connectivity index (χ0n) is 19.4. The predicted molar refractivity (Wildman–Crippen MR) is 138 cm³/mol. The van der Waals surface area contributed by atoms with Crippen LogP contribution in [0.2, 0.25) is 0 Å². The second-order valence-corrected chi connectivity index (χ2v) is 9.70. The van der Waals surface area contributed by atoms with Crippen molar-refractivity contribution in [3.63, 3.8) is 0 Å². The van der Waals surface area contributed by atoms with Crippen LogP contribution in [0.3, 0.4) is 0 Å². The van der Waals surface area contributed by atoms with Gasteiger partial charge < -0.3 is 9.84 Å². The molecule has 4 rings (SSSR count). The first-order chi connectivity index (χ1) is 16.8. The highest BCUT2D eigenvalue weighted by Gasteiger charge is 2.33. The van der Waals surface area contributed by atoms with E-state index in [1.807, 2.05) is 13.0 Å². The molecule has 5 nitrogen and oxygen atoms in total. The highest BCUT2D eigenvalue weighted by atomic mass is 32.2. The van der Waals surface area contributed by atoms with Gasteiger partial charge in [-0.1, -0.05) is 78.1 Å². The van der Waals surface area contributed by atoms with Crippen molar-refractivity contribution in [2.45, 2.75) is 17.4 Å². The van der Waals surface area contributed by atoms with E-state index in [1.165, 1.54) is 0 Å². The molecule has 0 aliphatic carbocycles. The number of aliphatic hydroxyl groups is 1. The van der Waals surface area contributed by atoms with Gasteiger partial charge in [0.25, 0.3) is 10.0 Å². The molecule has 6 heteroatoms. The van der Waals surface area contributed by atoms with Crippen LogP contribution in [-0.2, 0) is 15.6 Å². The van der Waals surface area contributed by atoms with Crippen LogP contribution in [0.4, 0.5) is 5.69 Å². The number of benzene rings is 4. The first kappa shape index (κ1) is 24.1. The molecule has 4 aromatic carbocycles. The van der Waals surface area contributed by atoms with E-state index in [4.69, 9.17) is 4.74 Å². The molecule has 2 N–H and O–H groups in total. The molecule has 0 fully saturated rings. The lowest BCUT2D eigenvalue weighted by Gasteiger charge is -2.26. The fourth-order valence-electron chi connectivity index (χ4n) is 3.62. The minimum atomic E-state index is -3.89. The van der Waals surface area contributed by atoms with Crippen LogP contribution in [0, 0.1) is 18.8 Å². The average Bonchev–Trinajstić information content (AvgIpc) is 2.88. The second-order valence-electron chi connectivity index (χ2n) is 8.02. The molecular formula is C29H25NO4S. The fraction of sp³-hybridized carbons (Fsp3) is 0.103. The SMILES string of the molecule is COc1ccc(C#CC(O)(c2ccccc2)c2ccccc2NS(=O)(=O)c2ccc(C)cc2)cc1. The molecule has 0 saturated heterocycles. The summed E-state index contributed by atoms with van der Waals surface area (Å²) < 4.78 is 34.1. The summed E-state index contributed by atoms with van der Waals surface area (Å²) in [6, 6.07) is 29.4. The minimum Gasteiger partial charge on any atom is -0.497 e. The van der Waals surface area contributed by atoms with E-state index < -0.39 is 15.6 Å². The summed E-state index contributed by atoms with van der Waals surface area (Å²) in [5.74, 6) is 6.71. The van der Waals surface area contributed by atoms with E-state index in [0.29, 0.717) is 22.4 Å². The van der Waals surface area contributed by atoms with E-state index in [1.54, 1.807) is 104 Å². The van der Waals surface area contributed by atoms with E-state index >= 15 is 0 Å². The number of aryl methyl sites for hydroxylation is 1. The minimum absolute atomic E-state index is 0.130. The Balaban J connectivity index is 1.81. The summed E-state index contributed by atoms with van der Waals surface area (Å²) in [7, 11) is -2.31. The summed E-state index contributed by atoms with van der Waals surface area (Å²) in [4.78, 5) is 0.130. The number of ether oxygens (including phenoxy) is 1. The zero-order chi connectivity index (χ0) is 24.9. The van der Waals surface area contributed by atoms with Crippen molar-refractivity contribution in [3.05, 3.63) is 125 Å². The molecule has 0 aliphatic rings. The molecule has 0 aliphatic heterocycles. The van der Waals surface area contributed by atoms with Crippen LogP contribution in [0.1, 0.15) is 22.3 Å². The van der Waals surface area contributed by atoms with Crippen LogP contribution < -0.4 is 9.46 Å². The highest BCUT2D eigenvalue weighted by Crippen LogP contribution is 2.35. The van der Waals surface area contributed by atoms with Gasteiger partial charge in [0.1, 0.15) is 5.75 Å². The Morgan fingerprint density at radius 1 is 0.829 bits per heavy atom. The Morgan fingerprint density at radius 2 is 1.46 bits per heavy atom. The summed E-state index contributed by atoms with van der Waals surface area (Å²) in [5.41, 5.74) is 0.928. The largest absolute Gasteiger partial charge is 0.497 e. The van der Waals surface area contributed by atoms with Gasteiger partial charge in [-0.05, 0) is 49.4 Å². The van der Waals surface area contributed by atoms with Gasteiger partial charge in [0, 0.05) is 16.7 Å². The fourth-order valence-corrected chi connectivity index (χ4v) is 4.70. The Bertz CT molecular complexity index is 1470. The maximum Gasteiger partial charge on any atom is 0.261 e. The Kier molecular flexibility index (Phi) is 6.92. The number of methoxy groups -OCH3 is 1. The average molecular weight is 484 g/mol. The van der Waals surface area contributed by atoms with Crippen molar-refractivity contribution in [2.75, 3.05) is 11.8 Å².